The second-order valence-corrected chi connectivity index (χ2v) is 7.96. The molecule has 0 amide bonds. The predicted molar refractivity (Wildman–Crippen MR) is 125 cm³/mol. The van der Waals surface area contributed by atoms with Crippen molar-refractivity contribution in [2.45, 2.75) is 12.5 Å². The molecule has 2 aliphatic heterocycles. The Hall–Kier alpha value is -3.74. The van der Waals surface area contributed by atoms with Crippen LogP contribution in [0.25, 0.3) is 11.4 Å². The van der Waals surface area contributed by atoms with Gasteiger partial charge < -0.3 is 25.0 Å². The van der Waals surface area contributed by atoms with Crippen LogP contribution in [-0.2, 0) is 4.74 Å². The standard InChI is InChI=1S/C24H25N7O2/c25-14-18-13-17(1-6-22(18)33-21-7-8-26-15-21)23-27-16-28-24(30-23)29-19-2-4-20(5-3-19)31-9-11-32-12-10-31/h1-6,13,16,21,26H,7-12,15H2,(H,27,28,29,30). The quantitative estimate of drug-likeness (QED) is 0.594. The molecule has 5 rings (SSSR count). The highest BCUT2D eigenvalue weighted by atomic mass is 16.5. The molecule has 0 aliphatic carbocycles. The van der Waals surface area contributed by atoms with E-state index in [2.05, 4.69) is 48.7 Å². The molecule has 3 heterocycles. The van der Waals surface area contributed by atoms with Crippen molar-refractivity contribution in [1.82, 2.24) is 20.3 Å². The smallest absolute Gasteiger partial charge is 0.230 e. The fraction of sp³-hybridized carbons (Fsp3) is 0.333. The molecular weight excluding hydrogens is 418 g/mol. The summed E-state index contributed by atoms with van der Waals surface area (Å²) in [6, 6.07) is 15.8. The highest BCUT2D eigenvalue weighted by Gasteiger charge is 2.18. The average Bonchev–Trinajstić information content (AvgIpc) is 3.39. The highest BCUT2D eigenvalue weighted by molar-refractivity contribution is 5.64. The summed E-state index contributed by atoms with van der Waals surface area (Å²) in [5.74, 6) is 1.51. The van der Waals surface area contributed by atoms with E-state index in [1.807, 2.05) is 24.3 Å². The molecule has 2 fully saturated rings. The number of aromatic nitrogens is 3. The van der Waals surface area contributed by atoms with Crippen molar-refractivity contribution in [3.63, 3.8) is 0 Å². The molecule has 1 unspecified atom stereocenters. The molecule has 0 saturated carbocycles. The van der Waals surface area contributed by atoms with Gasteiger partial charge in [0.15, 0.2) is 5.82 Å². The first-order valence-electron chi connectivity index (χ1n) is 11.1. The first kappa shape index (κ1) is 21.1. The van der Waals surface area contributed by atoms with E-state index in [0.29, 0.717) is 23.1 Å². The van der Waals surface area contributed by atoms with Crippen molar-refractivity contribution >= 4 is 17.3 Å². The molecule has 2 N–H and O–H groups in total. The Balaban J connectivity index is 1.30. The van der Waals surface area contributed by atoms with Gasteiger partial charge in [-0.05, 0) is 55.4 Å². The zero-order chi connectivity index (χ0) is 22.5. The molecule has 2 aromatic carbocycles. The van der Waals surface area contributed by atoms with Crippen LogP contribution in [0.5, 0.6) is 5.75 Å². The molecule has 1 aromatic heterocycles. The Labute approximate surface area is 192 Å². The maximum atomic E-state index is 9.61. The number of anilines is 3. The number of rotatable bonds is 6. The molecule has 9 heteroatoms. The molecule has 2 aliphatic rings. The number of morpholine rings is 1. The zero-order valence-electron chi connectivity index (χ0n) is 18.2. The molecule has 0 spiro atoms. The lowest BCUT2D eigenvalue weighted by atomic mass is 10.1. The van der Waals surface area contributed by atoms with Crippen molar-refractivity contribution in [2.24, 2.45) is 0 Å². The van der Waals surface area contributed by atoms with Crippen LogP contribution in [0.2, 0.25) is 0 Å². The summed E-state index contributed by atoms with van der Waals surface area (Å²) in [5.41, 5.74) is 3.25. The number of ether oxygens (including phenoxy) is 2. The van der Waals surface area contributed by atoms with Gasteiger partial charge in [-0.3, -0.25) is 0 Å². The van der Waals surface area contributed by atoms with E-state index in [9.17, 15) is 5.26 Å². The van der Waals surface area contributed by atoms with Crippen LogP contribution in [0.4, 0.5) is 17.3 Å². The lowest BCUT2D eigenvalue weighted by Crippen LogP contribution is -2.36. The second kappa shape index (κ2) is 9.81. The molecule has 3 aromatic rings. The number of nitrogens with zero attached hydrogens (tertiary/aromatic N) is 5. The summed E-state index contributed by atoms with van der Waals surface area (Å²) in [6.07, 6.45) is 2.49. The van der Waals surface area contributed by atoms with Gasteiger partial charge in [-0.25, -0.2) is 9.97 Å². The third-order valence-electron chi connectivity index (χ3n) is 5.74. The first-order chi connectivity index (χ1) is 16.3. The maximum Gasteiger partial charge on any atom is 0.230 e. The van der Waals surface area contributed by atoms with E-state index in [-0.39, 0.29) is 6.10 Å². The van der Waals surface area contributed by atoms with Gasteiger partial charge in [0.25, 0.3) is 0 Å². The number of nitriles is 1. The molecule has 33 heavy (non-hydrogen) atoms. The minimum atomic E-state index is 0.0885. The largest absolute Gasteiger partial charge is 0.488 e. The molecule has 168 valence electrons. The summed E-state index contributed by atoms with van der Waals surface area (Å²) in [6.45, 7) is 5.03. The van der Waals surface area contributed by atoms with Crippen molar-refractivity contribution in [3.05, 3.63) is 54.4 Å². The molecule has 2 saturated heterocycles. The van der Waals surface area contributed by atoms with Crippen LogP contribution in [0.1, 0.15) is 12.0 Å². The summed E-state index contributed by atoms with van der Waals surface area (Å²) >= 11 is 0. The van der Waals surface area contributed by atoms with Gasteiger partial charge in [-0.2, -0.15) is 10.2 Å². The van der Waals surface area contributed by atoms with Crippen LogP contribution in [0.3, 0.4) is 0 Å². The Morgan fingerprint density at radius 2 is 1.97 bits per heavy atom. The second-order valence-electron chi connectivity index (χ2n) is 7.96. The maximum absolute atomic E-state index is 9.61. The lowest BCUT2D eigenvalue weighted by molar-refractivity contribution is 0.122. The molecule has 9 nitrogen and oxygen atoms in total. The normalized spacial score (nSPS) is 18.0. The van der Waals surface area contributed by atoms with Crippen molar-refractivity contribution in [3.8, 4) is 23.2 Å². The molecular formula is C24H25N7O2. The average molecular weight is 444 g/mol. The fourth-order valence-electron chi connectivity index (χ4n) is 3.97. The fourth-order valence-corrected chi connectivity index (χ4v) is 3.97. The third kappa shape index (κ3) is 5.03. The van der Waals surface area contributed by atoms with E-state index in [0.717, 1.165) is 57.1 Å². The van der Waals surface area contributed by atoms with E-state index in [1.165, 1.54) is 12.0 Å². The Morgan fingerprint density at radius 3 is 2.73 bits per heavy atom. The van der Waals surface area contributed by atoms with Crippen molar-refractivity contribution in [1.29, 1.82) is 5.26 Å². The third-order valence-corrected chi connectivity index (χ3v) is 5.74. The topological polar surface area (TPSA) is 108 Å². The van der Waals surface area contributed by atoms with Crippen molar-refractivity contribution in [2.75, 3.05) is 49.6 Å². The first-order valence-corrected chi connectivity index (χ1v) is 11.1. The van der Waals surface area contributed by atoms with Gasteiger partial charge in [-0.1, -0.05) is 0 Å². The number of benzene rings is 2. The number of nitrogens with one attached hydrogen (secondary N) is 2. The SMILES string of the molecule is N#Cc1cc(-c2ncnc(Nc3ccc(N4CCOCC4)cc3)n2)ccc1OC1CCNC1. The minimum absolute atomic E-state index is 0.0885. The monoisotopic (exact) mass is 443 g/mol. The van der Waals surface area contributed by atoms with Gasteiger partial charge in [0, 0.05) is 36.6 Å². The van der Waals surface area contributed by atoms with E-state index < -0.39 is 0 Å². The summed E-state index contributed by atoms with van der Waals surface area (Å²) in [7, 11) is 0. The van der Waals surface area contributed by atoms with Crippen LogP contribution < -0.4 is 20.3 Å². The summed E-state index contributed by atoms with van der Waals surface area (Å²) in [4.78, 5) is 15.4. The van der Waals surface area contributed by atoms with Gasteiger partial charge in [-0.15, -0.1) is 0 Å². The predicted octanol–water partition coefficient (Wildman–Crippen LogP) is 2.73. The molecule has 1 atom stereocenters. The number of hydrogen-bond donors (Lipinski definition) is 2. The minimum Gasteiger partial charge on any atom is -0.488 e. The Morgan fingerprint density at radius 1 is 1.12 bits per heavy atom. The van der Waals surface area contributed by atoms with Gasteiger partial charge in [0.05, 0.1) is 18.8 Å². The Bertz CT molecular complexity index is 1130. The Kier molecular flexibility index (Phi) is 6.28. The van der Waals surface area contributed by atoms with Gasteiger partial charge in [0.2, 0.25) is 5.95 Å². The molecule has 0 bridgehead atoms. The highest BCUT2D eigenvalue weighted by Crippen LogP contribution is 2.27. The van der Waals surface area contributed by atoms with Crippen molar-refractivity contribution < 1.29 is 9.47 Å². The van der Waals surface area contributed by atoms with E-state index >= 15 is 0 Å². The van der Waals surface area contributed by atoms with Gasteiger partial charge in [0.1, 0.15) is 24.3 Å². The van der Waals surface area contributed by atoms with E-state index in [1.54, 1.807) is 6.07 Å². The lowest BCUT2D eigenvalue weighted by Gasteiger charge is -2.28. The number of hydrogen-bond acceptors (Lipinski definition) is 9. The summed E-state index contributed by atoms with van der Waals surface area (Å²) < 4.78 is 11.4. The van der Waals surface area contributed by atoms with Crippen LogP contribution in [0.15, 0.2) is 48.8 Å². The van der Waals surface area contributed by atoms with Crippen LogP contribution in [-0.4, -0.2) is 60.4 Å². The summed E-state index contributed by atoms with van der Waals surface area (Å²) in [5, 5.41) is 16.1. The van der Waals surface area contributed by atoms with Crippen LogP contribution in [0, 0.1) is 11.3 Å². The van der Waals surface area contributed by atoms with Gasteiger partial charge >= 0.3 is 0 Å². The molecule has 0 radical (unpaired) electrons. The zero-order valence-corrected chi connectivity index (χ0v) is 18.2. The van der Waals surface area contributed by atoms with E-state index in [4.69, 9.17) is 9.47 Å². The van der Waals surface area contributed by atoms with Crippen LogP contribution >= 0.6 is 0 Å².